The number of fused-ring (bicyclic) bond motifs is 1. The fraction of sp³-hybridized carbons (Fsp3) is 0.222. The van der Waals surface area contributed by atoms with Crippen LogP contribution in [0.1, 0.15) is 5.56 Å². The number of nitrogens with zero attached hydrogens (tertiary/aromatic N) is 3. The zero-order valence-electron chi connectivity index (χ0n) is 14.5. The first-order chi connectivity index (χ1) is 13.1. The third-order valence-corrected chi connectivity index (χ3v) is 5.55. The van der Waals surface area contributed by atoms with Crippen LogP contribution in [0.5, 0.6) is 0 Å². The fourth-order valence-corrected chi connectivity index (χ4v) is 3.97. The second-order valence-corrected chi connectivity index (χ2v) is 7.36. The van der Waals surface area contributed by atoms with Gasteiger partial charge in [-0.2, -0.15) is 5.26 Å². The first-order valence-electron chi connectivity index (χ1n) is 8.02. The number of benzene rings is 1. The fourth-order valence-electron chi connectivity index (χ4n) is 2.37. The van der Waals surface area contributed by atoms with Crippen molar-refractivity contribution in [1.82, 2.24) is 9.55 Å². The number of thiophene rings is 1. The highest BCUT2D eigenvalue weighted by Crippen LogP contribution is 2.21. The molecular formula is C18H16N4O3S2. The van der Waals surface area contributed by atoms with Crippen LogP contribution in [0.2, 0.25) is 0 Å². The summed E-state index contributed by atoms with van der Waals surface area (Å²) in [5.41, 5.74) is 1.64. The summed E-state index contributed by atoms with van der Waals surface area (Å²) in [6, 6.07) is 10.4. The molecule has 0 atom stereocenters. The van der Waals surface area contributed by atoms with E-state index in [2.05, 4.69) is 10.3 Å². The number of methoxy groups -OCH3 is 1. The molecular weight excluding hydrogens is 384 g/mol. The Kier molecular flexibility index (Phi) is 6.24. The zero-order chi connectivity index (χ0) is 19.2. The van der Waals surface area contributed by atoms with Gasteiger partial charge in [0.15, 0.2) is 5.16 Å². The van der Waals surface area contributed by atoms with Gasteiger partial charge in [0.25, 0.3) is 5.56 Å². The molecule has 0 bridgehead atoms. The minimum Gasteiger partial charge on any atom is -0.383 e. The maximum atomic E-state index is 12.6. The van der Waals surface area contributed by atoms with Crippen molar-refractivity contribution in [3.8, 4) is 6.07 Å². The summed E-state index contributed by atoms with van der Waals surface area (Å²) in [6.07, 6.45) is 0. The third-order valence-electron chi connectivity index (χ3n) is 3.68. The molecule has 0 saturated heterocycles. The number of hydrogen-bond acceptors (Lipinski definition) is 7. The maximum Gasteiger partial charge on any atom is 0.272 e. The molecule has 0 aliphatic heterocycles. The van der Waals surface area contributed by atoms with Crippen LogP contribution in [0.25, 0.3) is 10.2 Å². The van der Waals surface area contributed by atoms with E-state index in [1.807, 2.05) is 11.4 Å². The van der Waals surface area contributed by atoms with E-state index in [9.17, 15) is 9.59 Å². The Balaban J connectivity index is 1.74. The number of anilines is 1. The number of nitriles is 1. The van der Waals surface area contributed by atoms with Crippen molar-refractivity contribution in [2.45, 2.75) is 11.7 Å². The maximum absolute atomic E-state index is 12.6. The second kappa shape index (κ2) is 8.81. The smallest absolute Gasteiger partial charge is 0.272 e. The topological polar surface area (TPSA) is 97.0 Å². The summed E-state index contributed by atoms with van der Waals surface area (Å²) in [5, 5.41) is 13.9. The molecule has 3 aromatic rings. The minimum absolute atomic E-state index is 0.106. The molecule has 3 rings (SSSR count). The van der Waals surface area contributed by atoms with Crippen LogP contribution < -0.4 is 10.9 Å². The third kappa shape index (κ3) is 4.54. The quantitative estimate of drug-likeness (QED) is 0.484. The number of aromatic nitrogens is 2. The van der Waals surface area contributed by atoms with Crippen LogP contribution in [-0.2, 0) is 16.1 Å². The lowest BCUT2D eigenvalue weighted by Gasteiger charge is -2.11. The van der Waals surface area contributed by atoms with E-state index in [0.717, 1.165) is 0 Å². The number of amides is 1. The summed E-state index contributed by atoms with van der Waals surface area (Å²) in [5.74, 6) is -0.114. The van der Waals surface area contributed by atoms with E-state index >= 15 is 0 Å². The van der Waals surface area contributed by atoms with Crippen molar-refractivity contribution in [2.75, 3.05) is 24.8 Å². The molecule has 0 unspecified atom stereocenters. The lowest BCUT2D eigenvalue weighted by atomic mass is 10.2. The molecule has 2 heterocycles. The van der Waals surface area contributed by atoms with E-state index in [4.69, 9.17) is 10.00 Å². The van der Waals surface area contributed by atoms with Crippen molar-refractivity contribution in [1.29, 1.82) is 5.26 Å². The predicted molar refractivity (Wildman–Crippen MR) is 106 cm³/mol. The van der Waals surface area contributed by atoms with Crippen molar-refractivity contribution in [2.24, 2.45) is 0 Å². The van der Waals surface area contributed by atoms with Gasteiger partial charge in [-0.05, 0) is 35.7 Å². The Morgan fingerprint density at radius 1 is 1.37 bits per heavy atom. The van der Waals surface area contributed by atoms with Crippen LogP contribution in [-0.4, -0.2) is 34.9 Å². The normalized spacial score (nSPS) is 10.7. The number of rotatable bonds is 7. The van der Waals surface area contributed by atoms with Crippen molar-refractivity contribution in [3.05, 3.63) is 51.6 Å². The standard InChI is InChI=1S/C18H16N4O3S2/c1-25-8-7-22-17(24)16-14(6-9-26-16)21-18(22)27-11-15(23)20-13-4-2-12(10-19)3-5-13/h2-6,9H,7-8,11H2,1H3,(H,20,23). The first-order valence-corrected chi connectivity index (χ1v) is 9.88. The summed E-state index contributed by atoms with van der Waals surface area (Å²) in [6.45, 7) is 0.749. The molecule has 0 aliphatic carbocycles. The SMILES string of the molecule is COCCn1c(SCC(=O)Nc2ccc(C#N)cc2)nc2ccsc2c1=O. The van der Waals surface area contributed by atoms with Gasteiger partial charge in [0.2, 0.25) is 5.91 Å². The highest BCUT2D eigenvalue weighted by atomic mass is 32.2. The van der Waals surface area contributed by atoms with Crippen LogP contribution >= 0.6 is 23.1 Å². The Labute approximate surface area is 163 Å². The second-order valence-electron chi connectivity index (χ2n) is 5.50. The molecule has 27 heavy (non-hydrogen) atoms. The molecule has 9 heteroatoms. The molecule has 1 aromatic carbocycles. The van der Waals surface area contributed by atoms with Crippen LogP contribution in [0, 0.1) is 11.3 Å². The van der Waals surface area contributed by atoms with E-state index in [1.165, 1.54) is 23.1 Å². The summed E-state index contributed by atoms with van der Waals surface area (Å²) in [4.78, 5) is 29.4. The van der Waals surface area contributed by atoms with Gasteiger partial charge in [0.05, 0.1) is 36.1 Å². The van der Waals surface area contributed by atoms with Crippen molar-refractivity contribution in [3.63, 3.8) is 0 Å². The number of ether oxygens (including phenoxy) is 1. The van der Waals surface area contributed by atoms with Gasteiger partial charge < -0.3 is 10.1 Å². The highest BCUT2D eigenvalue weighted by Gasteiger charge is 2.14. The zero-order valence-corrected chi connectivity index (χ0v) is 16.1. The van der Waals surface area contributed by atoms with Gasteiger partial charge in [-0.25, -0.2) is 4.98 Å². The number of carbonyl (C=O) groups is 1. The molecule has 0 saturated carbocycles. The molecule has 1 amide bonds. The van der Waals surface area contributed by atoms with Gasteiger partial charge in [-0.1, -0.05) is 11.8 Å². The van der Waals surface area contributed by atoms with Crippen LogP contribution in [0.4, 0.5) is 5.69 Å². The van der Waals surface area contributed by atoms with E-state index in [-0.39, 0.29) is 17.2 Å². The Morgan fingerprint density at radius 3 is 2.85 bits per heavy atom. The van der Waals surface area contributed by atoms with Crippen molar-refractivity contribution >= 4 is 44.9 Å². The van der Waals surface area contributed by atoms with E-state index in [0.29, 0.717) is 39.8 Å². The number of nitrogens with one attached hydrogen (secondary N) is 1. The van der Waals surface area contributed by atoms with Gasteiger partial charge in [-0.3, -0.25) is 14.2 Å². The lowest BCUT2D eigenvalue weighted by molar-refractivity contribution is -0.113. The highest BCUT2D eigenvalue weighted by molar-refractivity contribution is 7.99. The van der Waals surface area contributed by atoms with Gasteiger partial charge in [0.1, 0.15) is 4.70 Å². The minimum atomic E-state index is -0.220. The van der Waals surface area contributed by atoms with Gasteiger partial charge in [0, 0.05) is 12.8 Å². The Hall–Kier alpha value is -2.67. The summed E-state index contributed by atoms with van der Waals surface area (Å²) >= 11 is 2.55. The summed E-state index contributed by atoms with van der Waals surface area (Å²) < 4.78 is 7.22. The van der Waals surface area contributed by atoms with Gasteiger partial charge in [-0.15, -0.1) is 11.3 Å². The number of thioether (sulfide) groups is 1. The molecule has 1 N–H and O–H groups in total. The molecule has 7 nitrogen and oxygen atoms in total. The van der Waals surface area contributed by atoms with Crippen molar-refractivity contribution < 1.29 is 9.53 Å². The average Bonchev–Trinajstić information content (AvgIpc) is 3.15. The summed E-state index contributed by atoms with van der Waals surface area (Å²) in [7, 11) is 1.57. The van der Waals surface area contributed by atoms with E-state index < -0.39 is 0 Å². The molecule has 0 fully saturated rings. The molecule has 0 aliphatic rings. The first kappa shape index (κ1) is 19.1. The Bertz CT molecular complexity index is 1050. The number of carbonyl (C=O) groups excluding carboxylic acids is 1. The molecule has 0 radical (unpaired) electrons. The molecule has 138 valence electrons. The monoisotopic (exact) mass is 400 g/mol. The molecule has 2 aromatic heterocycles. The number of hydrogen-bond donors (Lipinski definition) is 1. The van der Waals surface area contributed by atoms with Crippen LogP contribution in [0.3, 0.4) is 0 Å². The largest absolute Gasteiger partial charge is 0.383 e. The van der Waals surface area contributed by atoms with E-state index in [1.54, 1.807) is 42.0 Å². The van der Waals surface area contributed by atoms with Crippen LogP contribution in [0.15, 0.2) is 45.7 Å². The van der Waals surface area contributed by atoms with Gasteiger partial charge >= 0.3 is 0 Å². The Morgan fingerprint density at radius 2 is 2.15 bits per heavy atom. The predicted octanol–water partition coefficient (Wildman–Crippen LogP) is 2.71. The lowest BCUT2D eigenvalue weighted by Crippen LogP contribution is -2.25. The average molecular weight is 400 g/mol. The molecule has 0 spiro atoms.